The monoisotopic (exact) mass is 589 g/mol. The van der Waals surface area contributed by atoms with Crippen LogP contribution >= 0.6 is 0 Å². The summed E-state index contributed by atoms with van der Waals surface area (Å²) < 4.78 is 0. The molecule has 222 valence electrons. The number of aliphatic hydroxyl groups is 4. The van der Waals surface area contributed by atoms with Crippen molar-refractivity contribution in [3.63, 3.8) is 0 Å². The van der Waals surface area contributed by atoms with Gasteiger partial charge in [-0.05, 0) is 0 Å². The van der Waals surface area contributed by atoms with E-state index in [9.17, 15) is 24.0 Å². The van der Waals surface area contributed by atoms with Crippen LogP contribution in [0.2, 0.25) is 0 Å². The molecule has 22 heteroatoms. The number of aromatic nitrogens is 12. The van der Waals surface area contributed by atoms with Gasteiger partial charge in [0, 0.05) is 0 Å². The van der Waals surface area contributed by atoms with Crippen LogP contribution in [0.3, 0.4) is 0 Å². The van der Waals surface area contributed by atoms with Crippen molar-refractivity contribution in [1.82, 2.24) is 59.8 Å². The van der Waals surface area contributed by atoms with Crippen molar-refractivity contribution in [3.05, 3.63) is 66.9 Å². The van der Waals surface area contributed by atoms with E-state index in [-0.39, 0.29) is 34.5 Å². The Morgan fingerprint density at radius 3 is 1.90 bits per heavy atom. The van der Waals surface area contributed by atoms with E-state index in [0.29, 0.717) is 22.3 Å². The molecule has 0 saturated carbocycles. The van der Waals surface area contributed by atoms with E-state index in [1.165, 1.54) is 25.3 Å². The number of fused-ring (bicyclic) bond motifs is 3. The summed E-state index contributed by atoms with van der Waals surface area (Å²) in [7, 11) is 0. The smallest absolute Gasteiger partial charge is 0.327 e. The molecule has 0 radical (unpaired) electrons. The van der Waals surface area contributed by atoms with E-state index in [1.54, 1.807) is 0 Å². The molecule has 6 rings (SSSR count). The van der Waals surface area contributed by atoms with Crippen LogP contribution in [0.1, 0.15) is 0 Å². The van der Waals surface area contributed by atoms with Crippen molar-refractivity contribution in [1.29, 1.82) is 0 Å². The maximum Gasteiger partial charge on any atom is 0.327 e. The average Bonchev–Trinajstić information content (AvgIpc) is 3.74. The summed E-state index contributed by atoms with van der Waals surface area (Å²) in [5.74, 6) is 0.0783. The third kappa shape index (κ3) is 7.63. The first-order valence-electron chi connectivity index (χ1n) is 11.4. The number of nitrogens with two attached hydrogens (primary N) is 1. The fourth-order valence-electron chi connectivity index (χ4n) is 2.92. The molecule has 0 aromatic carbocycles. The fraction of sp³-hybridized carbons (Fsp3) is 0.200. The van der Waals surface area contributed by atoms with Gasteiger partial charge in [0.2, 0.25) is 5.95 Å². The van der Waals surface area contributed by atoms with Gasteiger partial charge in [-0.3, -0.25) is 29.3 Å². The normalized spacial score (nSPS) is 12.7. The van der Waals surface area contributed by atoms with Gasteiger partial charge >= 0.3 is 5.69 Å². The SMILES string of the molecule is Nc1nc2nc[nH]c2c(=O)[nH]1.O=CC(O)C(O)C(O)CO.O=c1[nH]c(=O)c2[nH]cnc2[nH]1.O=c1[nH]cnc2nc[nH]c12. The topological polar surface area (TPSA) is 367 Å². The van der Waals surface area contributed by atoms with Crippen LogP contribution in [-0.4, -0.2) is 111 Å². The first-order chi connectivity index (χ1) is 20.0. The maximum absolute atomic E-state index is 11.0. The summed E-state index contributed by atoms with van der Waals surface area (Å²) in [6.07, 6.45) is 0.870. The molecule has 13 N–H and O–H groups in total. The highest BCUT2D eigenvalue weighted by Gasteiger charge is 2.22. The quantitative estimate of drug-likeness (QED) is 0.0857. The van der Waals surface area contributed by atoms with E-state index < -0.39 is 36.2 Å². The van der Waals surface area contributed by atoms with Gasteiger partial charge in [-0.1, -0.05) is 0 Å². The summed E-state index contributed by atoms with van der Waals surface area (Å²) in [4.78, 5) is 89.1. The molecule has 6 aromatic heterocycles. The number of hydrogen-bond donors (Lipinski definition) is 12. The molecule has 3 atom stereocenters. The predicted molar refractivity (Wildman–Crippen MR) is 142 cm³/mol. The number of aliphatic hydroxyl groups excluding tert-OH is 4. The van der Waals surface area contributed by atoms with Gasteiger partial charge in [0.05, 0.1) is 31.9 Å². The third-order valence-electron chi connectivity index (χ3n) is 4.94. The molecule has 0 aliphatic rings. The molecule has 42 heavy (non-hydrogen) atoms. The zero-order valence-corrected chi connectivity index (χ0v) is 21.0. The van der Waals surface area contributed by atoms with E-state index in [2.05, 4.69) is 59.8 Å². The summed E-state index contributed by atoms with van der Waals surface area (Å²) in [6, 6.07) is 0. The number of aldehydes is 1. The molecule has 22 nitrogen and oxygen atoms in total. The number of hydrogen-bond acceptors (Lipinski definition) is 15. The lowest BCUT2D eigenvalue weighted by Crippen LogP contribution is -2.40. The van der Waals surface area contributed by atoms with Gasteiger partial charge < -0.3 is 50.9 Å². The molecule has 0 spiro atoms. The largest absolute Gasteiger partial charge is 0.394 e. The summed E-state index contributed by atoms with van der Waals surface area (Å²) in [5.41, 5.74) is 5.88. The van der Waals surface area contributed by atoms with Gasteiger partial charge in [0.25, 0.3) is 16.7 Å². The molecule has 0 amide bonds. The standard InChI is InChI=1S/C5H5N5O.C5H4N4O2.C5H4N4O.C5H10O5/c6-5-9-3-2(4(11)10-5)7-1-8-3;10-4-2-3(7-1-6-2)8-5(11)9-4;10-5-3-4(7-1-6-3)8-2-9-5;6-1-3(8)5(10)4(9)2-7/h1H,(H4,6,7,8,9,10,11);1H,(H3,6,7,8,9,10,11);1-2H,(H2,6,7,8,9,10);1,3-5,7-10H,2H2. The number of carbonyl (C=O) groups is 1. The second kappa shape index (κ2) is 14.0. The minimum Gasteiger partial charge on any atom is -0.394 e. The second-order valence-corrected chi connectivity index (χ2v) is 7.79. The summed E-state index contributed by atoms with van der Waals surface area (Å²) in [6.45, 7) is -0.688. The molecule has 0 aliphatic carbocycles. The Morgan fingerprint density at radius 1 is 0.738 bits per heavy atom. The summed E-state index contributed by atoms with van der Waals surface area (Å²) in [5, 5.41) is 34.1. The molecule has 0 aliphatic heterocycles. The van der Waals surface area contributed by atoms with Crippen LogP contribution in [0.15, 0.2) is 44.5 Å². The number of nitrogens with one attached hydrogen (secondary N) is 7. The Morgan fingerprint density at radius 2 is 1.29 bits per heavy atom. The van der Waals surface area contributed by atoms with Crippen LogP contribution in [0.5, 0.6) is 0 Å². The molecular formula is C20H23N13O9. The Balaban J connectivity index is 0.000000154. The highest BCUT2D eigenvalue weighted by Crippen LogP contribution is 1.99. The van der Waals surface area contributed by atoms with Crippen LogP contribution in [0, 0.1) is 0 Å². The minimum absolute atomic E-state index is 0.0783. The van der Waals surface area contributed by atoms with Gasteiger partial charge in [-0.2, -0.15) is 4.98 Å². The molecule has 6 heterocycles. The van der Waals surface area contributed by atoms with Crippen molar-refractivity contribution < 1.29 is 25.2 Å². The van der Waals surface area contributed by atoms with Crippen molar-refractivity contribution in [2.24, 2.45) is 0 Å². The van der Waals surface area contributed by atoms with Crippen LogP contribution in [0.4, 0.5) is 5.95 Å². The zero-order valence-electron chi connectivity index (χ0n) is 21.0. The number of H-pyrrole nitrogens is 7. The predicted octanol–water partition coefficient (Wildman–Crippen LogP) is -4.93. The summed E-state index contributed by atoms with van der Waals surface area (Å²) >= 11 is 0. The molecular weight excluding hydrogens is 566 g/mol. The Labute approximate surface area is 228 Å². The van der Waals surface area contributed by atoms with Crippen LogP contribution in [-0.2, 0) is 4.79 Å². The number of imidazole rings is 3. The van der Waals surface area contributed by atoms with E-state index in [4.69, 9.17) is 26.2 Å². The van der Waals surface area contributed by atoms with E-state index in [1.807, 2.05) is 0 Å². The number of nitrogens with zero attached hydrogens (tertiary/aromatic N) is 5. The lowest BCUT2D eigenvalue weighted by Gasteiger charge is -2.16. The van der Waals surface area contributed by atoms with Gasteiger partial charge in [0.15, 0.2) is 34.3 Å². The Hall–Kier alpha value is -5.84. The van der Waals surface area contributed by atoms with Crippen molar-refractivity contribution in [2.45, 2.75) is 18.3 Å². The second-order valence-electron chi connectivity index (χ2n) is 7.79. The van der Waals surface area contributed by atoms with Crippen LogP contribution < -0.4 is 28.1 Å². The number of rotatable bonds is 4. The first-order valence-corrected chi connectivity index (χ1v) is 11.4. The molecule has 3 unspecified atom stereocenters. The highest BCUT2D eigenvalue weighted by atomic mass is 16.4. The molecule has 0 fully saturated rings. The molecule has 0 bridgehead atoms. The van der Waals surface area contributed by atoms with E-state index >= 15 is 0 Å². The molecule has 0 saturated heterocycles. The maximum atomic E-state index is 11.0. The fourth-order valence-corrected chi connectivity index (χ4v) is 2.92. The van der Waals surface area contributed by atoms with Crippen LogP contribution in [0.25, 0.3) is 33.5 Å². The third-order valence-corrected chi connectivity index (χ3v) is 4.94. The number of anilines is 1. The zero-order chi connectivity index (χ0) is 30.8. The minimum atomic E-state index is -1.64. The van der Waals surface area contributed by atoms with Crippen molar-refractivity contribution in [3.8, 4) is 0 Å². The van der Waals surface area contributed by atoms with E-state index in [0.717, 1.165) is 0 Å². The number of nitrogen functional groups attached to an aromatic ring is 1. The van der Waals surface area contributed by atoms with Gasteiger partial charge in [0.1, 0.15) is 23.8 Å². The highest BCUT2D eigenvalue weighted by molar-refractivity contribution is 5.69. The van der Waals surface area contributed by atoms with Crippen molar-refractivity contribution >= 4 is 45.7 Å². The van der Waals surface area contributed by atoms with Crippen molar-refractivity contribution in [2.75, 3.05) is 12.3 Å². The number of aromatic amines is 7. The lowest BCUT2D eigenvalue weighted by atomic mass is 10.1. The molecule has 6 aromatic rings. The Bertz CT molecular complexity index is 1980. The van der Waals surface area contributed by atoms with Gasteiger partial charge in [-0.25, -0.2) is 24.7 Å². The van der Waals surface area contributed by atoms with Gasteiger partial charge in [-0.15, -0.1) is 0 Å². The first kappa shape index (κ1) is 30.7. The number of carbonyl (C=O) groups excluding carboxylic acids is 1. The lowest BCUT2D eigenvalue weighted by molar-refractivity contribution is -0.127. The average molecular weight is 589 g/mol. The Kier molecular flexibility index (Phi) is 10.2.